The van der Waals surface area contributed by atoms with E-state index in [1.165, 1.54) is 11.3 Å². The van der Waals surface area contributed by atoms with Crippen LogP contribution >= 0.6 is 11.3 Å². The number of anilines is 1. The van der Waals surface area contributed by atoms with Crippen LogP contribution < -0.4 is 15.6 Å². The fourth-order valence-electron chi connectivity index (χ4n) is 3.30. The normalized spacial score (nSPS) is 10.8. The van der Waals surface area contributed by atoms with E-state index in [-0.39, 0.29) is 18.0 Å². The van der Waals surface area contributed by atoms with Gasteiger partial charge in [0.2, 0.25) is 5.91 Å². The van der Waals surface area contributed by atoms with Gasteiger partial charge in [0.25, 0.3) is 5.56 Å². The molecule has 0 bridgehead atoms. The number of benzene rings is 3. The third-order valence-electron chi connectivity index (χ3n) is 4.89. The van der Waals surface area contributed by atoms with Gasteiger partial charge in [0, 0.05) is 10.6 Å². The molecular weight excluding hydrogens is 436 g/mol. The molecular formula is C25H18N4O3S. The Balaban J connectivity index is 1.28. The van der Waals surface area contributed by atoms with E-state index in [0.29, 0.717) is 21.7 Å². The topological polar surface area (TPSA) is 86.1 Å². The molecule has 7 nitrogen and oxygen atoms in total. The maximum Gasteiger partial charge on any atom is 0.279 e. The van der Waals surface area contributed by atoms with Crippen molar-refractivity contribution >= 4 is 33.1 Å². The number of rotatable bonds is 6. The van der Waals surface area contributed by atoms with E-state index in [0.717, 1.165) is 20.9 Å². The third-order valence-corrected chi connectivity index (χ3v) is 5.96. The molecule has 162 valence electrons. The van der Waals surface area contributed by atoms with Crippen molar-refractivity contribution < 1.29 is 9.53 Å². The minimum Gasteiger partial charge on any atom is -0.457 e. The van der Waals surface area contributed by atoms with Crippen LogP contribution in [0.15, 0.2) is 95.8 Å². The van der Waals surface area contributed by atoms with Crippen LogP contribution in [0.5, 0.6) is 11.5 Å². The van der Waals surface area contributed by atoms with E-state index in [1.807, 2.05) is 60.7 Å². The Bertz CT molecular complexity index is 1460. The lowest BCUT2D eigenvalue weighted by atomic mass is 10.2. The van der Waals surface area contributed by atoms with Gasteiger partial charge in [0.15, 0.2) is 4.83 Å². The molecule has 2 heterocycles. The lowest BCUT2D eigenvalue weighted by molar-refractivity contribution is -0.117. The van der Waals surface area contributed by atoms with Crippen molar-refractivity contribution in [1.29, 1.82) is 0 Å². The molecule has 0 aliphatic heterocycles. The highest BCUT2D eigenvalue weighted by atomic mass is 32.1. The number of hydrogen-bond acceptors (Lipinski definition) is 6. The Kier molecular flexibility index (Phi) is 5.65. The monoisotopic (exact) mass is 454 g/mol. The maximum atomic E-state index is 12.8. The summed E-state index contributed by atoms with van der Waals surface area (Å²) in [4.78, 5) is 26.8. The van der Waals surface area contributed by atoms with Gasteiger partial charge in [0.1, 0.15) is 18.0 Å². The second kappa shape index (κ2) is 9.05. The first-order valence-electron chi connectivity index (χ1n) is 10.2. The number of fused-ring (bicyclic) bond motifs is 1. The van der Waals surface area contributed by atoms with Gasteiger partial charge in [0.05, 0.1) is 5.39 Å². The summed E-state index contributed by atoms with van der Waals surface area (Å²) in [5, 5.41) is 11.3. The average Bonchev–Trinajstić information content (AvgIpc) is 3.29. The number of para-hydroxylation sites is 1. The van der Waals surface area contributed by atoms with E-state index in [4.69, 9.17) is 4.74 Å². The van der Waals surface area contributed by atoms with Gasteiger partial charge in [-0.1, -0.05) is 53.7 Å². The van der Waals surface area contributed by atoms with Crippen LogP contribution in [-0.4, -0.2) is 20.9 Å². The number of amides is 1. The lowest BCUT2D eigenvalue weighted by Crippen LogP contribution is -2.30. The van der Waals surface area contributed by atoms with E-state index in [1.54, 1.807) is 30.3 Å². The van der Waals surface area contributed by atoms with Crippen molar-refractivity contribution in [2.24, 2.45) is 0 Å². The fraction of sp³-hybridized carbons (Fsp3) is 0.0400. The molecule has 0 fully saturated rings. The Labute approximate surface area is 192 Å². The summed E-state index contributed by atoms with van der Waals surface area (Å²) in [6, 6.07) is 28.0. The molecule has 33 heavy (non-hydrogen) atoms. The van der Waals surface area contributed by atoms with Crippen molar-refractivity contribution in [3.63, 3.8) is 0 Å². The smallest absolute Gasteiger partial charge is 0.279 e. The molecule has 0 atom stereocenters. The second-order valence-electron chi connectivity index (χ2n) is 7.24. The lowest BCUT2D eigenvalue weighted by Gasteiger charge is -2.08. The zero-order valence-corrected chi connectivity index (χ0v) is 18.2. The van der Waals surface area contributed by atoms with Crippen molar-refractivity contribution in [1.82, 2.24) is 15.0 Å². The Morgan fingerprint density at radius 3 is 2.30 bits per heavy atom. The predicted molar refractivity (Wildman–Crippen MR) is 129 cm³/mol. The summed E-state index contributed by atoms with van der Waals surface area (Å²) >= 11 is 1.40. The molecule has 0 aliphatic rings. The molecule has 8 heteroatoms. The number of aromatic nitrogens is 3. The number of carbonyl (C=O) groups excluding carboxylic acids is 1. The minimum atomic E-state index is -0.374. The molecule has 5 aromatic rings. The van der Waals surface area contributed by atoms with Gasteiger partial charge in [-0.15, -0.1) is 16.4 Å². The first-order valence-corrected chi connectivity index (χ1v) is 11.0. The molecule has 1 amide bonds. The fourth-order valence-corrected chi connectivity index (χ4v) is 4.27. The van der Waals surface area contributed by atoms with Gasteiger partial charge in [-0.2, -0.15) is 0 Å². The summed E-state index contributed by atoms with van der Waals surface area (Å²) in [5.41, 5.74) is 1.24. The summed E-state index contributed by atoms with van der Waals surface area (Å²) in [5.74, 6) is 1.01. The highest BCUT2D eigenvalue weighted by molar-refractivity contribution is 7.21. The van der Waals surface area contributed by atoms with Crippen molar-refractivity contribution in [3.8, 4) is 21.9 Å². The van der Waals surface area contributed by atoms with Gasteiger partial charge >= 0.3 is 0 Å². The Hall–Kier alpha value is -4.30. The van der Waals surface area contributed by atoms with Crippen molar-refractivity contribution in [2.45, 2.75) is 6.54 Å². The number of nitrogens with one attached hydrogen (secondary N) is 1. The van der Waals surface area contributed by atoms with E-state index < -0.39 is 0 Å². The quantitative estimate of drug-likeness (QED) is 0.392. The van der Waals surface area contributed by atoms with Crippen LogP contribution in [0.2, 0.25) is 0 Å². The standard InChI is InChI=1S/C25H18N4O3S/c30-23(26-18-11-13-20(14-12-18)32-19-9-5-2-6-10-19)16-29-25(31)21-15-22(33-24(21)27-28-29)17-7-3-1-4-8-17/h1-15H,16H2,(H,26,30). The average molecular weight is 455 g/mol. The van der Waals surface area contributed by atoms with E-state index in [9.17, 15) is 9.59 Å². The zero-order valence-electron chi connectivity index (χ0n) is 17.3. The van der Waals surface area contributed by atoms with Crippen LogP contribution in [-0.2, 0) is 11.3 Å². The first kappa shape index (κ1) is 20.6. The largest absolute Gasteiger partial charge is 0.457 e. The Morgan fingerprint density at radius 1 is 0.909 bits per heavy atom. The minimum absolute atomic E-state index is 0.236. The van der Waals surface area contributed by atoms with Gasteiger partial charge in [-0.05, 0) is 48.0 Å². The summed E-state index contributed by atoms with van der Waals surface area (Å²) in [6.45, 7) is -0.236. The van der Waals surface area contributed by atoms with Crippen LogP contribution in [0, 0.1) is 0 Å². The number of hydrogen-bond donors (Lipinski definition) is 1. The number of nitrogens with zero attached hydrogens (tertiary/aromatic N) is 3. The van der Waals surface area contributed by atoms with Crippen LogP contribution in [0.3, 0.4) is 0 Å². The summed E-state index contributed by atoms with van der Waals surface area (Å²) < 4.78 is 6.82. The Morgan fingerprint density at radius 2 is 1.58 bits per heavy atom. The van der Waals surface area contributed by atoms with Gasteiger partial charge < -0.3 is 10.1 Å². The van der Waals surface area contributed by atoms with Crippen LogP contribution in [0.25, 0.3) is 20.7 Å². The van der Waals surface area contributed by atoms with Crippen LogP contribution in [0.1, 0.15) is 0 Å². The third kappa shape index (κ3) is 4.65. The van der Waals surface area contributed by atoms with E-state index in [2.05, 4.69) is 15.6 Å². The first-order chi connectivity index (χ1) is 16.2. The molecule has 3 aromatic carbocycles. The van der Waals surface area contributed by atoms with Gasteiger partial charge in [-0.25, -0.2) is 4.68 Å². The number of thiophene rings is 1. The molecule has 2 aromatic heterocycles. The summed E-state index contributed by atoms with van der Waals surface area (Å²) in [7, 11) is 0. The number of carbonyl (C=O) groups is 1. The molecule has 0 spiro atoms. The molecule has 5 rings (SSSR count). The highest BCUT2D eigenvalue weighted by Gasteiger charge is 2.14. The molecule has 0 aliphatic carbocycles. The van der Waals surface area contributed by atoms with Crippen molar-refractivity contribution in [2.75, 3.05) is 5.32 Å². The summed E-state index contributed by atoms with van der Waals surface area (Å²) in [6.07, 6.45) is 0. The molecule has 0 unspecified atom stereocenters. The zero-order chi connectivity index (χ0) is 22.6. The SMILES string of the molecule is O=C(Cn1nnc2sc(-c3ccccc3)cc2c1=O)Nc1ccc(Oc2ccccc2)cc1. The second-order valence-corrected chi connectivity index (χ2v) is 8.27. The molecule has 0 saturated heterocycles. The predicted octanol–water partition coefficient (Wildman–Crippen LogP) is 4.95. The van der Waals surface area contributed by atoms with Crippen LogP contribution in [0.4, 0.5) is 5.69 Å². The van der Waals surface area contributed by atoms with Crippen molar-refractivity contribution in [3.05, 3.63) is 101 Å². The van der Waals surface area contributed by atoms with E-state index >= 15 is 0 Å². The highest BCUT2D eigenvalue weighted by Crippen LogP contribution is 2.30. The number of ether oxygens (including phenoxy) is 1. The molecule has 0 saturated carbocycles. The molecule has 1 N–H and O–H groups in total. The maximum absolute atomic E-state index is 12.8. The molecule has 0 radical (unpaired) electrons. The van der Waals surface area contributed by atoms with Gasteiger partial charge in [-0.3, -0.25) is 9.59 Å².